The highest BCUT2D eigenvalue weighted by molar-refractivity contribution is 7.90. The van der Waals surface area contributed by atoms with Crippen molar-refractivity contribution < 1.29 is 22.0 Å². The van der Waals surface area contributed by atoms with Crippen LogP contribution in [0.25, 0.3) is 11.3 Å². The Labute approximate surface area is 171 Å². The van der Waals surface area contributed by atoms with Crippen LogP contribution in [0.4, 0.5) is 26.1 Å². The van der Waals surface area contributed by atoms with Gasteiger partial charge in [0.05, 0.1) is 11.4 Å². The first-order valence-corrected chi connectivity index (χ1v) is 10.5. The third-order valence-electron chi connectivity index (χ3n) is 3.92. The number of aromatic nitrogens is 4. The van der Waals surface area contributed by atoms with E-state index in [0.717, 1.165) is 18.4 Å². The lowest BCUT2D eigenvalue weighted by Crippen LogP contribution is -2.09. The number of pyridine rings is 2. The van der Waals surface area contributed by atoms with Crippen molar-refractivity contribution in [1.29, 1.82) is 0 Å². The molecule has 0 aliphatic carbocycles. The van der Waals surface area contributed by atoms with Crippen LogP contribution in [-0.2, 0) is 21.7 Å². The Balaban J connectivity index is 2.12. The maximum Gasteiger partial charge on any atom is 0.264 e. The van der Waals surface area contributed by atoms with Gasteiger partial charge >= 0.3 is 0 Å². The monoisotopic (exact) mass is 436 g/mol. The molecule has 0 fully saturated rings. The molecule has 0 atom stereocenters. The first-order chi connectivity index (χ1) is 14.0. The van der Waals surface area contributed by atoms with Crippen LogP contribution in [0.15, 0.2) is 41.7 Å². The van der Waals surface area contributed by atoms with Crippen LogP contribution in [0.1, 0.15) is 18.9 Å². The number of nitrogens with one attached hydrogen (secondary N) is 2. The zero-order chi connectivity index (χ0) is 22.1. The van der Waals surface area contributed by atoms with Crippen molar-refractivity contribution in [2.75, 3.05) is 16.9 Å². The molecule has 1 amide bonds. The Kier molecular flexibility index (Phi) is 5.78. The molecular formula is C18H18F2N6O3S. The normalized spacial score (nSPS) is 11.5. The van der Waals surface area contributed by atoms with Crippen LogP contribution in [0, 0.1) is 0 Å². The number of hydrogen-bond acceptors (Lipinski definition) is 7. The molecule has 30 heavy (non-hydrogen) atoms. The van der Waals surface area contributed by atoms with Crippen LogP contribution in [-0.4, -0.2) is 40.3 Å². The molecule has 0 radical (unpaired) electrons. The minimum absolute atomic E-state index is 0.106. The van der Waals surface area contributed by atoms with E-state index in [1.54, 1.807) is 24.0 Å². The highest BCUT2D eigenvalue weighted by Crippen LogP contribution is 2.32. The molecule has 3 aromatic heterocycles. The number of aryl methyl sites for hydroxylation is 1. The molecule has 0 aromatic carbocycles. The summed E-state index contributed by atoms with van der Waals surface area (Å²) < 4.78 is 51.9. The van der Waals surface area contributed by atoms with Gasteiger partial charge in [-0.25, -0.2) is 27.2 Å². The van der Waals surface area contributed by atoms with Crippen molar-refractivity contribution in [2.24, 2.45) is 7.05 Å². The summed E-state index contributed by atoms with van der Waals surface area (Å²) >= 11 is 0. The summed E-state index contributed by atoms with van der Waals surface area (Å²) in [4.78, 5) is 19.5. The average Bonchev–Trinajstić information content (AvgIpc) is 3.06. The smallest absolute Gasteiger partial charge is 0.264 e. The molecule has 0 unspecified atom stereocenters. The molecule has 3 rings (SSSR count). The van der Waals surface area contributed by atoms with Crippen molar-refractivity contribution >= 4 is 33.1 Å². The van der Waals surface area contributed by atoms with Crippen LogP contribution in [0.2, 0.25) is 0 Å². The topological polar surface area (TPSA) is 119 Å². The Morgan fingerprint density at radius 2 is 1.93 bits per heavy atom. The van der Waals surface area contributed by atoms with Crippen molar-refractivity contribution in [1.82, 2.24) is 19.7 Å². The zero-order valence-corrected chi connectivity index (χ0v) is 17.0. The lowest BCUT2D eigenvalue weighted by Gasteiger charge is -2.14. The van der Waals surface area contributed by atoms with Gasteiger partial charge in [-0.3, -0.25) is 9.48 Å². The summed E-state index contributed by atoms with van der Waals surface area (Å²) in [6, 6.07) is 5.08. The third-order valence-corrected chi connectivity index (χ3v) is 4.89. The summed E-state index contributed by atoms with van der Waals surface area (Å²) in [5.74, 6) is -0.250. The average molecular weight is 436 g/mol. The largest absolute Gasteiger partial charge is 0.339 e. The second kappa shape index (κ2) is 8.14. The molecule has 9 nitrogen and oxygen atoms in total. The minimum atomic E-state index is -3.83. The molecule has 158 valence electrons. The maximum absolute atomic E-state index is 13.3. The zero-order valence-electron chi connectivity index (χ0n) is 16.2. The van der Waals surface area contributed by atoms with E-state index in [2.05, 4.69) is 25.7 Å². The Bertz CT molecular complexity index is 1210. The van der Waals surface area contributed by atoms with Gasteiger partial charge in [0.1, 0.15) is 11.6 Å². The van der Waals surface area contributed by atoms with Gasteiger partial charge in [0.15, 0.2) is 14.9 Å². The van der Waals surface area contributed by atoms with Crippen molar-refractivity contribution in [3.63, 3.8) is 0 Å². The Hall–Kier alpha value is -3.41. The van der Waals surface area contributed by atoms with Gasteiger partial charge in [-0.15, -0.1) is 0 Å². The second-order valence-electron chi connectivity index (χ2n) is 6.49. The van der Waals surface area contributed by atoms with Crippen molar-refractivity contribution in [2.45, 2.75) is 18.4 Å². The molecule has 0 saturated heterocycles. The highest BCUT2D eigenvalue weighted by atomic mass is 32.2. The number of carbonyl (C=O) groups excluding carboxylic acids is 1. The van der Waals surface area contributed by atoms with E-state index in [4.69, 9.17) is 0 Å². The van der Waals surface area contributed by atoms with E-state index in [0.29, 0.717) is 16.9 Å². The van der Waals surface area contributed by atoms with Crippen LogP contribution in [0.3, 0.4) is 0 Å². The second-order valence-corrected chi connectivity index (χ2v) is 8.46. The van der Waals surface area contributed by atoms with E-state index in [-0.39, 0.29) is 17.5 Å². The summed E-state index contributed by atoms with van der Waals surface area (Å²) in [6.07, 6.45) is 1.15. The van der Waals surface area contributed by atoms with Crippen molar-refractivity contribution in [3.05, 3.63) is 42.2 Å². The van der Waals surface area contributed by atoms with Crippen LogP contribution in [0.5, 0.6) is 0 Å². The standard InChI is InChI=1S/C18H18F2N6O3S/c1-10(27)22-15-8-14(12(9-21-15)13-4-5-26(2)25-13)23-16-6-11(18(19)20)7-17(24-16)30(3,28)29/h4-9,18H,1-3H3,(H2,21,22,23,24,27). The molecule has 3 aromatic rings. The molecule has 3 heterocycles. The van der Waals surface area contributed by atoms with Crippen LogP contribution < -0.4 is 10.6 Å². The number of amides is 1. The SMILES string of the molecule is CC(=O)Nc1cc(Nc2cc(C(F)F)cc(S(C)(=O)=O)n2)c(-c2ccn(C)n2)cn1. The van der Waals surface area contributed by atoms with E-state index >= 15 is 0 Å². The number of alkyl halides is 2. The predicted octanol–water partition coefficient (Wildman–Crippen LogP) is 2.92. The molecule has 0 aliphatic rings. The number of halogens is 2. The first kappa shape index (κ1) is 21.3. The highest BCUT2D eigenvalue weighted by Gasteiger charge is 2.18. The lowest BCUT2D eigenvalue weighted by atomic mass is 10.1. The van der Waals surface area contributed by atoms with Gasteiger partial charge in [-0.05, 0) is 18.2 Å². The van der Waals surface area contributed by atoms with E-state index < -0.39 is 26.9 Å². The van der Waals surface area contributed by atoms with Gasteiger partial charge in [0.25, 0.3) is 6.43 Å². The summed E-state index contributed by atoms with van der Waals surface area (Å²) in [5, 5.41) is 9.18. The summed E-state index contributed by atoms with van der Waals surface area (Å²) in [7, 11) is -2.10. The molecule has 2 N–H and O–H groups in total. The van der Waals surface area contributed by atoms with Gasteiger partial charge in [-0.2, -0.15) is 5.10 Å². The Morgan fingerprint density at radius 3 is 2.50 bits per heavy atom. The fraction of sp³-hybridized carbons (Fsp3) is 0.222. The number of hydrogen-bond donors (Lipinski definition) is 2. The van der Waals surface area contributed by atoms with E-state index in [1.807, 2.05) is 0 Å². The van der Waals surface area contributed by atoms with Gasteiger partial charge < -0.3 is 10.6 Å². The molecular weight excluding hydrogens is 418 g/mol. The van der Waals surface area contributed by atoms with Crippen LogP contribution >= 0.6 is 0 Å². The number of anilines is 3. The lowest BCUT2D eigenvalue weighted by molar-refractivity contribution is -0.114. The predicted molar refractivity (Wildman–Crippen MR) is 106 cm³/mol. The fourth-order valence-corrected chi connectivity index (χ4v) is 3.23. The molecule has 0 aliphatic heterocycles. The number of nitrogens with zero attached hydrogens (tertiary/aromatic N) is 4. The number of sulfone groups is 1. The quantitative estimate of drug-likeness (QED) is 0.610. The molecule has 0 spiro atoms. The summed E-state index contributed by atoms with van der Waals surface area (Å²) in [6.45, 7) is 1.31. The molecule has 12 heteroatoms. The fourth-order valence-electron chi connectivity index (χ4n) is 2.61. The number of carbonyl (C=O) groups is 1. The van der Waals surface area contributed by atoms with Gasteiger partial charge in [0, 0.05) is 49.8 Å². The summed E-state index contributed by atoms with van der Waals surface area (Å²) in [5.41, 5.74) is 0.861. The van der Waals surface area contributed by atoms with E-state index in [9.17, 15) is 22.0 Å². The Morgan fingerprint density at radius 1 is 1.20 bits per heavy atom. The minimum Gasteiger partial charge on any atom is -0.339 e. The third kappa shape index (κ3) is 4.95. The number of rotatable bonds is 6. The van der Waals surface area contributed by atoms with Gasteiger partial charge in [0.2, 0.25) is 5.91 Å². The maximum atomic E-state index is 13.3. The molecule has 0 saturated carbocycles. The first-order valence-electron chi connectivity index (χ1n) is 8.58. The van der Waals surface area contributed by atoms with Gasteiger partial charge in [-0.1, -0.05) is 0 Å². The van der Waals surface area contributed by atoms with Crippen molar-refractivity contribution in [3.8, 4) is 11.3 Å². The van der Waals surface area contributed by atoms with E-state index in [1.165, 1.54) is 19.2 Å². The molecule has 0 bridgehead atoms.